The predicted octanol–water partition coefficient (Wildman–Crippen LogP) is 4.09. The van der Waals surface area contributed by atoms with Crippen molar-refractivity contribution in [3.63, 3.8) is 0 Å². The standard InChI is InChI=1S/C14H11NOS2/c1-9-15-7-14(18-9)12(16)6-10-8-17-13-5-3-2-4-11(10)13/h2-5,7-8H,6H2,1H3. The maximum absolute atomic E-state index is 12.1. The SMILES string of the molecule is Cc1ncc(C(=O)Cc2csc3ccccc23)s1. The van der Waals surface area contributed by atoms with Gasteiger partial charge in [-0.2, -0.15) is 0 Å². The van der Waals surface area contributed by atoms with Gasteiger partial charge in [-0.05, 0) is 29.3 Å². The van der Waals surface area contributed by atoms with Crippen LogP contribution in [0.4, 0.5) is 0 Å². The molecule has 0 radical (unpaired) electrons. The molecule has 3 aromatic rings. The number of thiazole rings is 1. The van der Waals surface area contributed by atoms with E-state index in [1.807, 2.05) is 19.1 Å². The molecule has 0 aliphatic rings. The van der Waals surface area contributed by atoms with Gasteiger partial charge in [0, 0.05) is 17.3 Å². The minimum atomic E-state index is 0.157. The minimum absolute atomic E-state index is 0.157. The third-order valence-corrected chi connectivity index (χ3v) is 4.77. The number of aromatic nitrogens is 1. The van der Waals surface area contributed by atoms with Gasteiger partial charge in [-0.1, -0.05) is 18.2 Å². The highest BCUT2D eigenvalue weighted by Crippen LogP contribution is 2.27. The number of benzene rings is 1. The van der Waals surface area contributed by atoms with Gasteiger partial charge in [0.15, 0.2) is 5.78 Å². The summed E-state index contributed by atoms with van der Waals surface area (Å²) in [5, 5.41) is 4.21. The van der Waals surface area contributed by atoms with Crippen molar-refractivity contribution in [2.75, 3.05) is 0 Å². The second kappa shape index (κ2) is 4.63. The van der Waals surface area contributed by atoms with E-state index in [-0.39, 0.29) is 5.78 Å². The number of hydrogen-bond acceptors (Lipinski definition) is 4. The maximum Gasteiger partial charge on any atom is 0.178 e. The summed E-state index contributed by atoms with van der Waals surface area (Å²) in [5.74, 6) is 0.157. The van der Waals surface area contributed by atoms with E-state index in [0.29, 0.717) is 6.42 Å². The molecule has 0 bridgehead atoms. The average Bonchev–Trinajstić information content (AvgIpc) is 2.97. The van der Waals surface area contributed by atoms with Crippen molar-refractivity contribution in [1.29, 1.82) is 0 Å². The lowest BCUT2D eigenvalue weighted by Gasteiger charge is -1.97. The molecule has 0 aliphatic carbocycles. The lowest BCUT2D eigenvalue weighted by atomic mass is 10.1. The van der Waals surface area contributed by atoms with Gasteiger partial charge < -0.3 is 0 Å². The second-order valence-corrected chi connectivity index (χ2v) is 6.25. The first-order valence-corrected chi connectivity index (χ1v) is 7.34. The van der Waals surface area contributed by atoms with Gasteiger partial charge in [0.1, 0.15) is 0 Å². The minimum Gasteiger partial charge on any atom is -0.293 e. The normalized spacial score (nSPS) is 10.9. The van der Waals surface area contributed by atoms with Crippen LogP contribution < -0.4 is 0 Å². The highest BCUT2D eigenvalue weighted by atomic mass is 32.1. The first kappa shape index (κ1) is 11.6. The van der Waals surface area contributed by atoms with Gasteiger partial charge in [0.05, 0.1) is 9.88 Å². The first-order valence-electron chi connectivity index (χ1n) is 5.65. The molecule has 2 nitrogen and oxygen atoms in total. The highest BCUT2D eigenvalue weighted by Gasteiger charge is 2.12. The first-order chi connectivity index (χ1) is 8.74. The van der Waals surface area contributed by atoms with Gasteiger partial charge in [0.25, 0.3) is 0 Å². The Morgan fingerprint density at radius 2 is 2.17 bits per heavy atom. The molecule has 1 aromatic carbocycles. The largest absolute Gasteiger partial charge is 0.293 e. The van der Waals surface area contributed by atoms with Crippen molar-refractivity contribution in [2.45, 2.75) is 13.3 Å². The number of fused-ring (bicyclic) bond motifs is 1. The summed E-state index contributed by atoms with van der Waals surface area (Å²) >= 11 is 3.16. The molecule has 3 rings (SSSR count). The van der Waals surface area contributed by atoms with E-state index in [1.165, 1.54) is 21.4 Å². The number of hydrogen-bond donors (Lipinski definition) is 0. The van der Waals surface area contributed by atoms with E-state index >= 15 is 0 Å². The highest BCUT2D eigenvalue weighted by molar-refractivity contribution is 7.17. The summed E-state index contributed by atoms with van der Waals surface area (Å²) in [7, 11) is 0. The van der Waals surface area contributed by atoms with Gasteiger partial charge in [-0.15, -0.1) is 22.7 Å². The zero-order valence-corrected chi connectivity index (χ0v) is 11.5. The van der Waals surface area contributed by atoms with Crippen molar-refractivity contribution in [1.82, 2.24) is 4.98 Å². The lowest BCUT2D eigenvalue weighted by Crippen LogP contribution is -2.00. The number of thiophene rings is 1. The summed E-state index contributed by atoms with van der Waals surface area (Å²) in [6.07, 6.45) is 2.14. The van der Waals surface area contributed by atoms with Crippen molar-refractivity contribution in [3.8, 4) is 0 Å². The lowest BCUT2D eigenvalue weighted by molar-refractivity contribution is 0.0997. The smallest absolute Gasteiger partial charge is 0.178 e. The Morgan fingerprint density at radius 1 is 1.33 bits per heavy atom. The number of ketones is 1. The Labute approximate surface area is 113 Å². The number of rotatable bonds is 3. The summed E-state index contributed by atoms with van der Waals surface area (Å²) in [4.78, 5) is 17.0. The molecule has 4 heteroatoms. The number of carbonyl (C=O) groups is 1. The van der Waals surface area contributed by atoms with E-state index < -0.39 is 0 Å². The molecule has 0 saturated heterocycles. The van der Waals surface area contributed by atoms with E-state index in [2.05, 4.69) is 22.5 Å². The van der Waals surface area contributed by atoms with Crippen LogP contribution in [0.15, 0.2) is 35.8 Å². The molecule has 0 amide bonds. The van der Waals surface area contributed by atoms with E-state index in [4.69, 9.17) is 0 Å². The molecule has 18 heavy (non-hydrogen) atoms. The molecule has 0 unspecified atom stereocenters. The van der Waals surface area contributed by atoms with Crippen molar-refractivity contribution in [3.05, 3.63) is 51.3 Å². The molecule has 0 N–H and O–H groups in total. The zero-order valence-electron chi connectivity index (χ0n) is 9.84. The van der Waals surface area contributed by atoms with E-state index in [0.717, 1.165) is 15.4 Å². The summed E-state index contributed by atoms with van der Waals surface area (Å²) < 4.78 is 1.24. The predicted molar refractivity (Wildman–Crippen MR) is 76.7 cm³/mol. The Morgan fingerprint density at radius 3 is 2.94 bits per heavy atom. The van der Waals surface area contributed by atoms with Crippen LogP contribution in [0.5, 0.6) is 0 Å². The molecule has 0 fully saturated rings. The van der Waals surface area contributed by atoms with Crippen molar-refractivity contribution >= 4 is 38.5 Å². The third kappa shape index (κ3) is 2.09. The fraction of sp³-hybridized carbons (Fsp3) is 0.143. The average molecular weight is 273 g/mol. The Hall–Kier alpha value is -1.52. The zero-order chi connectivity index (χ0) is 12.5. The fourth-order valence-corrected chi connectivity index (χ4v) is 3.60. The number of Topliss-reactive ketones (excluding diaryl/α,β-unsaturated/α-hetero) is 1. The topological polar surface area (TPSA) is 30.0 Å². The van der Waals surface area contributed by atoms with Gasteiger partial charge in [0.2, 0.25) is 0 Å². The fourth-order valence-electron chi connectivity index (χ4n) is 1.92. The molecule has 0 spiro atoms. The Bertz CT molecular complexity index is 711. The molecule has 0 atom stereocenters. The van der Waals surface area contributed by atoms with Crippen LogP contribution in [0, 0.1) is 6.92 Å². The molecule has 0 aliphatic heterocycles. The van der Waals surface area contributed by atoms with Crippen LogP contribution >= 0.6 is 22.7 Å². The van der Waals surface area contributed by atoms with Gasteiger partial charge in [-0.3, -0.25) is 4.79 Å². The monoisotopic (exact) mass is 273 g/mol. The summed E-state index contributed by atoms with van der Waals surface area (Å²) in [6, 6.07) is 8.20. The molecule has 2 aromatic heterocycles. The molecule has 90 valence electrons. The Kier molecular flexibility index (Phi) is 2.97. The molecular formula is C14H11NOS2. The van der Waals surface area contributed by atoms with Crippen molar-refractivity contribution in [2.24, 2.45) is 0 Å². The molecule has 0 saturated carbocycles. The van der Waals surface area contributed by atoms with Crippen LogP contribution in [-0.2, 0) is 6.42 Å². The second-order valence-electron chi connectivity index (χ2n) is 4.10. The number of aryl methyl sites for hydroxylation is 1. The van der Waals surface area contributed by atoms with Gasteiger partial charge in [-0.25, -0.2) is 4.98 Å². The van der Waals surface area contributed by atoms with E-state index in [9.17, 15) is 4.79 Å². The van der Waals surface area contributed by atoms with Crippen molar-refractivity contribution < 1.29 is 4.79 Å². The van der Waals surface area contributed by atoms with Crippen LogP contribution in [0.2, 0.25) is 0 Å². The third-order valence-electron chi connectivity index (χ3n) is 2.81. The Balaban J connectivity index is 1.90. The maximum atomic E-state index is 12.1. The van der Waals surface area contributed by atoms with Crippen LogP contribution in [0.3, 0.4) is 0 Å². The van der Waals surface area contributed by atoms with Crippen LogP contribution in [0.1, 0.15) is 20.2 Å². The quantitative estimate of drug-likeness (QED) is 0.673. The van der Waals surface area contributed by atoms with Gasteiger partial charge >= 0.3 is 0 Å². The molecule has 2 heterocycles. The summed E-state index contributed by atoms with van der Waals surface area (Å²) in [6.45, 7) is 1.92. The van der Waals surface area contributed by atoms with Crippen LogP contribution in [0.25, 0.3) is 10.1 Å². The molecular weight excluding hydrogens is 262 g/mol. The number of nitrogens with zero attached hydrogens (tertiary/aromatic N) is 1. The van der Waals surface area contributed by atoms with Crippen LogP contribution in [-0.4, -0.2) is 10.8 Å². The summed E-state index contributed by atoms with van der Waals surface area (Å²) in [5.41, 5.74) is 1.12. The van der Waals surface area contributed by atoms with E-state index in [1.54, 1.807) is 17.5 Å². The number of carbonyl (C=O) groups excluding carboxylic acids is 1.